The van der Waals surface area contributed by atoms with Crippen molar-refractivity contribution in [3.63, 3.8) is 0 Å². The molecule has 0 saturated carbocycles. The average molecular weight is 410 g/mol. The minimum Gasteiger partial charge on any atom is -0.497 e. The van der Waals surface area contributed by atoms with E-state index in [-0.39, 0.29) is 42.2 Å². The van der Waals surface area contributed by atoms with Gasteiger partial charge < -0.3 is 10.1 Å². The van der Waals surface area contributed by atoms with Gasteiger partial charge in [0.2, 0.25) is 11.8 Å². The molecule has 0 unspecified atom stereocenters. The number of carbonyl (C=O) groups excluding carboxylic acids is 2. The van der Waals surface area contributed by atoms with Crippen molar-refractivity contribution in [2.24, 2.45) is 11.8 Å². The maximum Gasteiger partial charge on any atom is 0.235 e. The maximum atomic E-state index is 13.5. The van der Waals surface area contributed by atoms with Gasteiger partial charge in [0.05, 0.1) is 25.6 Å². The van der Waals surface area contributed by atoms with Gasteiger partial charge in [-0.2, -0.15) is 0 Å². The number of rotatable bonds is 4. The molecule has 5 nitrogen and oxygen atoms in total. The van der Waals surface area contributed by atoms with E-state index >= 15 is 0 Å². The molecule has 2 bridgehead atoms. The summed E-state index contributed by atoms with van der Waals surface area (Å²) >= 11 is 0. The number of hydrogen-bond donors (Lipinski definition) is 1. The van der Waals surface area contributed by atoms with Crippen LogP contribution in [0.3, 0.4) is 0 Å². The smallest absolute Gasteiger partial charge is 0.235 e. The summed E-state index contributed by atoms with van der Waals surface area (Å²) in [6, 6.07) is 24.1. The molecule has 5 heteroatoms. The Hall–Kier alpha value is -3.60. The van der Waals surface area contributed by atoms with Gasteiger partial charge in [0.25, 0.3) is 0 Å². The predicted molar refractivity (Wildman–Crippen MR) is 117 cm³/mol. The first kappa shape index (κ1) is 18.2. The Labute approximate surface area is 180 Å². The van der Waals surface area contributed by atoms with Crippen molar-refractivity contribution >= 4 is 17.5 Å². The van der Waals surface area contributed by atoms with Crippen molar-refractivity contribution < 1.29 is 14.3 Å². The third-order valence-corrected chi connectivity index (χ3v) is 7.07. The highest BCUT2D eigenvalue weighted by Gasteiger charge is 2.61. The summed E-state index contributed by atoms with van der Waals surface area (Å²) in [5.41, 5.74) is 5.61. The molecule has 3 aromatic carbocycles. The van der Waals surface area contributed by atoms with Crippen LogP contribution >= 0.6 is 0 Å². The third-order valence-electron chi connectivity index (χ3n) is 7.07. The zero-order valence-corrected chi connectivity index (χ0v) is 17.1. The summed E-state index contributed by atoms with van der Waals surface area (Å²) in [7, 11) is 1.62. The van der Waals surface area contributed by atoms with E-state index in [1.165, 1.54) is 27.2 Å². The fraction of sp³-hybridized carbons (Fsp3) is 0.231. The second kappa shape index (κ2) is 6.71. The standard InChI is InChI=1S/C26H22N2O3/c1-31-16-12-10-15(11-13-16)27-14-28-25(29)23-21-17-6-2-3-7-18(17)22(24(23)26(28)30)20-9-5-4-8-19(20)21/h2-13,21-24,27H,14H2,1H3/t21?,22?,23-,24+. The summed E-state index contributed by atoms with van der Waals surface area (Å²) < 4.78 is 5.19. The van der Waals surface area contributed by atoms with Gasteiger partial charge >= 0.3 is 0 Å². The normalized spacial score (nSPS) is 25.1. The SMILES string of the molecule is COc1ccc(NCN2C(=O)[C@@H]3C4c5ccccc5C(c5ccccc54)[C@@H]3C2=O)cc1. The van der Waals surface area contributed by atoms with E-state index in [1.54, 1.807) is 7.11 Å². The van der Waals surface area contributed by atoms with Crippen LogP contribution in [0.1, 0.15) is 34.1 Å². The number of hydrogen-bond acceptors (Lipinski definition) is 4. The monoisotopic (exact) mass is 410 g/mol. The largest absolute Gasteiger partial charge is 0.497 e. The van der Waals surface area contributed by atoms with Crippen LogP contribution in [0.4, 0.5) is 5.69 Å². The van der Waals surface area contributed by atoms with Gasteiger partial charge in [-0.15, -0.1) is 0 Å². The van der Waals surface area contributed by atoms with Gasteiger partial charge in [0.1, 0.15) is 5.75 Å². The highest BCUT2D eigenvalue weighted by molar-refractivity contribution is 6.07. The topological polar surface area (TPSA) is 58.6 Å². The molecule has 1 N–H and O–H groups in total. The maximum absolute atomic E-state index is 13.5. The molecule has 1 fully saturated rings. The minimum atomic E-state index is -0.333. The van der Waals surface area contributed by atoms with Crippen LogP contribution < -0.4 is 10.1 Å². The predicted octanol–water partition coefficient (Wildman–Crippen LogP) is 3.96. The number of likely N-dealkylation sites (tertiary alicyclic amines) is 1. The summed E-state index contributed by atoms with van der Waals surface area (Å²) in [5.74, 6) is -0.184. The zero-order valence-electron chi connectivity index (χ0n) is 17.1. The third kappa shape index (κ3) is 2.49. The second-order valence-corrected chi connectivity index (χ2v) is 8.43. The Morgan fingerprint density at radius 1 is 0.742 bits per heavy atom. The van der Waals surface area contributed by atoms with Crippen LogP contribution in [-0.2, 0) is 9.59 Å². The van der Waals surface area contributed by atoms with E-state index in [9.17, 15) is 9.59 Å². The highest BCUT2D eigenvalue weighted by atomic mass is 16.5. The molecule has 154 valence electrons. The van der Waals surface area contributed by atoms with E-state index in [1.807, 2.05) is 48.5 Å². The van der Waals surface area contributed by atoms with Gasteiger partial charge in [-0.25, -0.2) is 0 Å². The van der Waals surface area contributed by atoms with Gasteiger partial charge in [-0.1, -0.05) is 48.5 Å². The van der Waals surface area contributed by atoms with Crippen LogP contribution in [-0.4, -0.2) is 30.5 Å². The molecule has 3 aliphatic carbocycles. The number of amides is 2. The highest BCUT2D eigenvalue weighted by Crippen LogP contribution is 2.60. The number of ether oxygens (including phenoxy) is 1. The fourth-order valence-electron chi connectivity index (χ4n) is 5.77. The number of carbonyl (C=O) groups is 2. The van der Waals surface area contributed by atoms with E-state index in [4.69, 9.17) is 4.74 Å². The Balaban J connectivity index is 1.35. The molecule has 2 atom stereocenters. The molecule has 1 saturated heterocycles. The molecule has 0 radical (unpaired) electrons. The minimum absolute atomic E-state index is 0.0650. The first-order valence-electron chi connectivity index (χ1n) is 10.6. The number of imide groups is 1. The first-order chi connectivity index (χ1) is 15.2. The van der Waals surface area contributed by atoms with Crippen molar-refractivity contribution in [1.29, 1.82) is 0 Å². The number of nitrogens with zero attached hydrogens (tertiary/aromatic N) is 1. The van der Waals surface area contributed by atoms with Gasteiger partial charge in [-0.05, 0) is 46.5 Å². The average Bonchev–Trinajstić information content (AvgIpc) is 3.08. The lowest BCUT2D eigenvalue weighted by Gasteiger charge is -2.45. The van der Waals surface area contributed by atoms with Crippen LogP contribution in [0, 0.1) is 11.8 Å². The molecule has 2 amide bonds. The number of benzene rings is 3. The lowest BCUT2D eigenvalue weighted by Crippen LogP contribution is -2.41. The lowest BCUT2D eigenvalue weighted by atomic mass is 9.55. The lowest BCUT2D eigenvalue weighted by molar-refractivity contribution is -0.139. The van der Waals surface area contributed by atoms with Crippen molar-refractivity contribution in [2.45, 2.75) is 11.8 Å². The number of nitrogens with one attached hydrogen (secondary N) is 1. The fourth-order valence-corrected chi connectivity index (χ4v) is 5.77. The molecule has 0 spiro atoms. The second-order valence-electron chi connectivity index (χ2n) is 8.43. The molecule has 4 aliphatic rings. The van der Waals surface area contributed by atoms with Gasteiger partial charge in [-0.3, -0.25) is 14.5 Å². The molecule has 31 heavy (non-hydrogen) atoms. The summed E-state index contributed by atoms with van der Waals surface area (Å²) in [6.45, 7) is 0.170. The van der Waals surface area contributed by atoms with Crippen molar-refractivity contribution in [1.82, 2.24) is 4.90 Å². The van der Waals surface area contributed by atoms with Crippen molar-refractivity contribution in [3.05, 3.63) is 95.1 Å². The summed E-state index contributed by atoms with van der Waals surface area (Å²) in [6.07, 6.45) is 0. The molecule has 3 aromatic rings. The van der Waals surface area contributed by atoms with E-state index in [2.05, 4.69) is 29.6 Å². The Morgan fingerprint density at radius 3 is 1.61 bits per heavy atom. The quantitative estimate of drug-likeness (QED) is 0.662. The van der Waals surface area contributed by atoms with E-state index in [0.717, 1.165) is 11.4 Å². The molecule has 1 aliphatic heterocycles. The Morgan fingerprint density at radius 2 is 1.19 bits per heavy atom. The molecule has 7 rings (SSSR count). The molecular formula is C26H22N2O3. The van der Waals surface area contributed by atoms with E-state index < -0.39 is 0 Å². The molecular weight excluding hydrogens is 388 g/mol. The summed E-state index contributed by atoms with van der Waals surface area (Å²) in [4.78, 5) is 28.5. The van der Waals surface area contributed by atoms with Crippen LogP contribution in [0.5, 0.6) is 5.75 Å². The van der Waals surface area contributed by atoms with Crippen LogP contribution in [0.25, 0.3) is 0 Å². The van der Waals surface area contributed by atoms with Crippen LogP contribution in [0.2, 0.25) is 0 Å². The summed E-state index contributed by atoms with van der Waals surface area (Å²) in [5, 5.41) is 3.23. The molecule has 0 aromatic heterocycles. The number of anilines is 1. The first-order valence-corrected chi connectivity index (χ1v) is 10.6. The van der Waals surface area contributed by atoms with Gasteiger partial charge in [0, 0.05) is 17.5 Å². The number of methoxy groups -OCH3 is 1. The van der Waals surface area contributed by atoms with E-state index in [0.29, 0.717) is 0 Å². The van der Waals surface area contributed by atoms with Crippen molar-refractivity contribution in [3.8, 4) is 5.75 Å². The Kier molecular flexibility index (Phi) is 3.93. The zero-order chi connectivity index (χ0) is 21.1. The van der Waals surface area contributed by atoms with Crippen molar-refractivity contribution in [2.75, 3.05) is 19.1 Å². The van der Waals surface area contributed by atoms with Crippen LogP contribution in [0.15, 0.2) is 72.8 Å². The molecule has 1 heterocycles. The Bertz CT molecular complexity index is 1090. The van der Waals surface area contributed by atoms with Gasteiger partial charge in [0.15, 0.2) is 0 Å².